The summed E-state index contributed by atoms with van der Waals surface area (Å²) in [5, 5.41) is 11.0. The van der Waals surface area contributed by atoms with Crippen LogP contribution in [0.5, 0.6) is 0 Å². The van der Waals surface area contributed by atoms with Gasteiger partial charge in [0.2, 0.25) is 0 Å². The number of alkyl halides is 3. The lowest BCUT2D eigenvalue weighted by atomic mass is 9.97. The van der Waals surface area contributed by atoms with Gasteiger partial charge in [-0.2, -0.15) is 13.2 Å². The number of benzene rings is 1. The van der Waals surface area contributed by atoms with Gasteiger partial charge in [-0.15, -0.1) is 21.5 Å². The predicted molar refractivity (Wildman–Crippen MR) is 105 cm³/mol. The number of hydrogen-bond donors (Lipinski definition) is 0. The van der Waals surface area contributed by atoms with Crippen molar-refractivity contribution in [2.75, 3.05) is 13.1 Å². The molecule has 2 heterocycles. The molecule has 0 spiro atoms. The number of rotatable bonds is 4. The summed E-state index contributed by atoms with van der Waals surface area (Å²) in [5.74, 6) is 0.844. The topological polar surface area (TPSA) is 46.1 Å². The summed E-state index contributed by atoms with van der Waals surface area (Å²) in [5.41, 5.74) is -0.441. The summed E-state index contributed by atoms with van der Waals surface area (Å²) in [6, 6.07) is 4.45. The van der Waals surface area contributed by atoms with Crippen LogP contribution in [-0.2, 0) is 12.6 Å². The van der Waals surface area contributed by atoms with Crippen LogP contribution in [0.2, 0.25) is 0 Å². The molecule has 0 N–H and O–H groups in total. The first-order valence-corrected chi connectivity index (χ1v) is 11.0. The fourth-order valence-corrected chi connectivity index (χ4v) is 5.42. The van der Waals surface area contributed by atoms with E-state index in [0.717, 1.165) is 47.3 Å². The first kappa shape index (κ1) is 20.3. The maximum Gasteiger partial charge on any atom is 0.416 e. The molecular formula is C21H24F3N3OS. The number of hydrogen-bond acceptors (Lipinski definition) is 4. The van der Waals surface area contributed by atoms with Gasteiger partial charge in [0.05, 0.1) is 5.56 Å². The molecule has 4 rings (SSSR count). The van der Waals surface area contributed by atoms with E-state index in [1.54, 1.807) is 16.2 Å². The number of halogens is 3. The molecule has 2 aliphatic rings. The van der Waals surface area contributed by atoms with Crippen molar-refractivity contribution in [2.45, 2.75) is 57.0 Å². The molecule has 1 saturated heterocycles. The van der Waals surface area contributed by atoms with Crippen LogP contribution in [0.25, 0.3) is 0 Å². The maximum atomic E-state index is 12.7. The zero-order chi connectivity index (χ0) is 20.4. The summed E-state index contributed by atoms with van der Waals surface area (Å²) in [4.78, 5) is 14.3. The molecule has 4 nitrogen and oxygen atoms in total. The Balaban J connectivity index is 1.32. The van der Waals surface area contributed by atoms with Gasteiger partial charge in [0, 0.05) is 31.0 Å². The molecular weight excluding hydrogens is 399 g/mol. The van der Waals surface area contributed by atoms with Gasteiger partial charge < -0.3 is 4.90 Å². The molecule has 1 aliphatic heterocycles. The van der Waals surface area contributed by atoms with Crippen LogP contribution in [0.4, 0.5) is 13.2 Å². The van der Waals surface area contributed by atoms with Crippen molar-refractivity contribution in [1.29, 1.82) is 0 Å². The molecule has 1 saturated carbocycles. The summed E-state index contributed by atoms with van der Waals surface area (Å²) >= 11 is 1.70. The summed E-state index contributed by atoms with van der Waals surface area (Å²) < 4.78 is 38.1. The van der Waals surface area contributed by atoms with Crippen LogP contribution in [0.15, 0.2) is 24.3 Å². The number of nitrogens with zero attached hydrogens (tertiary/aromatic N) is 3. The molecule has 1 amide bonds. The fraction of sp³-hybridized carbons (Fsp3) is 0.571. The van der Waals surface area contributed by atoms with E-state index in [1.165, 1.54) is 37.8 Å². The van der Waals surface area contributed by atoms with Crippen molar-refractivity contribution in [3.05, 3.63) is 45.4 Å². The van der Waals surface area contributed by atoms with Crippen molar-refractivity contribution in [3.63, 3.8) is 0 Å². The normalized spacial score (nSPS) is 19.1. The molecule has 2 fully saturated rings. The molecule has 8 heteroatoms. The lowest BCUT2D eigenvalue weighted by Gasteiger charge is -2.31. The second-order valence-electron chi connectivity index (χ2n) is 8.03. The Morgan fingerprint density at radius 1 is 1.03 bits per heavy atom. The predicted octanol–water partition coefficient (Wildman–Crippen LogP) is 5.31. The minimum Gasteiger partial charge on any atom is -0.339 e. The van der Waals surface area contributed by atoms with Gasteiger partial charge in [-0.25, -0.2) is 0 Å². The highest BCUT2D eigenvalue weighted by molar-refractivity contribution is 7.11. The molecule has 156 valence electrons. The first-order chi connectivity index (χ1) is 13.9. The van der Waals surface area contributed by atoms with Gasteiger partial charge in [0.25, 0.3) is 5.91 Å². The van der Waals surface area contributed by atoms with Gasteiger partial charge in [-0.1, -0.05) is 25.7 Å². The van der Waals surface area contributed by atoms with E-state index in [0.29, 0.717) is 24.6 Å². The van der Waals surface area contributed by atoms with E-state index >= 15 is 0 Å². The molecule has 0 atom stereocenters. The number of carbonyl (C=O) groups is 1. The van der Waals surface area contributed by atoms with E-state index < -0.39 is 11.7 Å². The van der Waals surface area contributed by atoms with Gasteiger partial charge in [0.15, 0.2) is 0 Å². The average molecular weight is 424 g/mol. The van der Waals surface area contributed by atoms with E-state index in [-0.39, 0.29) is 5.91 Å². The molecule has 2 aromatic rings. The first-order valence-electron chi connectivity index (χ1n) is 10.2. The van der Waals surface area contributed by atoms with E-state index in [2.05, 4.69) is 10.2 Å². The molecule has 0 unspecified atom stereocenters. The van der Waals surface area contributed by atoms with Crippen molar-refractivity contribution < 1.29 is 18.0 Å². The van der Waals surface area contributed by atoms with Gasteiger partial charge >= 0.3 is 6.18 Å². The Hall–Kier alpha value is -1.96. The van der Waals surface area contributed by atoms with Crippen molar-refractivity contribution >= 4 is 17.2 Å². The standard InChI is InChI=1S/C21H24F3N3OS/c22-21(23,24)17-7-5-16(6-8-17)20(28)27-11-9-15(10-12-27)19-26-25-18(29-19)13-14-3-1-2-4-14/h5-8,14-15H,1-4,9-13H2. The zero-order valence-electron chi connectivity index (χ0n) is 16.1. The maximum absolute atomic E-state index is 12.7. The lowest BCUT2D eigenvalue weighted by molar-refractivity contribution is -0.137. The smallest absolute Gasteiger partial charge is 0.339 e. The Bertz CT molecular complexity index is 836. The molecule has 0 bridgehead atoms. The van der Waals surface area contributed by atoms with Crippen LogP contribution in [0.3, 0.4) is 0 Å². The van der Waals surface area contributed by atoms with Crippen LogP contribution in [0, 0.1) is 5.92 Å². The average Bonchev–Trinajstić information content (AvgIpc) is 3.40. The monoisotopic (exact) mass is 423 g/mol. The highest BCUT2D eigenvalue weighted by atomic mass is 32.1. The van der Waals surface area contributed by atoms with Gasteiger partial charge in [-0.3, -0.25) is 4.79 Å². The van der Waals surface area contributed by atoms with Crippen molar-refractivity contribution in [2.24, 2.45) is 5.92 Å². The van der Waals surface area contributed by atoms with E-state index in [1.807, 2.05) is 0 Å². The Morgan fingerprint density at radius 2 is 1.69 bits per heavy atom. The van der Waals surface area contributed by atoms with Crippen LogP contribution in [-0.4, -0.2) is 34.1 Å². The molecule has 29 heavy (non-hydrogen) atoms. The Labute approximate surface area is 172 Å². The number of aromatic nitrogens is 2. The van der Waals surface area contributed by atoms with E-state index in [4.69, 9.17) is 0 Å². The molecule has 0 radical (unpaired) electrons. The second kappa shape index (κ2) is 8.42. The fourth-order valence-electron chi connectivity index (χ4n) is 4.29. The number of amides is 1. The third-order valence-electron chi connectivity index (χ3n) is 6.01. The minimum atomic E-state index is -4.39. The SMILES string of the molecule is O=C(c1ccc(C(F)(F)F)cc1)N1CCC(c2nnc(CC3CCCC3)s2)CC1. The zero-order valence-corrected chi connectivity index (χ0v) is 16.9. The largest absolute Gasteiger partial charge is 0.416 e. The summed E-state index contributed by atoms with van der Waals surface area (Å²) in [7, 11) is 0. The van der Waals surface area contributed by atoms with Crippen LogP contribution >= 0.6 is 11.3 Å². The summed E-state index contributed by atoms with van der Waals surface area (Å²) in [6.45, 7) is 1.17. The second-order valence-corrected chi connectivity index (χ2v) is 9.12. The Morgan fingerprint density at radius 3 is 2.31 bits per heavy atom. The van der Waals surface area contributed by atoms with Crippen LogP contribution < -0.4 is 0 Å². The lowest BCUT2D eigenvalue weighted by Crippen LogP contribution is -2.37. The number of likely N-dealkylation sites (tertiary alicyclic amines) is 1. The summed E-state index contributed by atoms with van der Waals surface area (Å²) in [6.07, 6.45) is 3.48. The molecule has 1 aromatic carbocycles. The number of piperidine rings is 1. The number of carbonyl (C=O) groups excluding carboxylic acids is 1. The van der Waals surface area contributed by atoms with Gasteiger partial charge in [0.1, 0.15) is 10.0 Å². The third-order valence-corrected chi connectivity index (χ3v) is 7.12. The van der Waals surface area contributed by atoms with E-state index in [9.17, 15) is 18.0 Å². The van der Waals surface area contributed by atoms with Crippen molar-refractivity contribution in [3.8, 4) is 0 Å². The third kappa shape index (κ3) is 4.79. The van der Waals surface area contributed by atoms with Gasteiger partial charge in [-0.05, 0) is 43.0 Å². The molecule has 1 aliphatic carbocycles. The van der Waals surface area contributed by atoms with Crippen LogP contribution in [0.1, 0.15) is 70.4 Å². The minimum absolute atomic E-state index is 0.212. The quantitative estimate of drug-likeness (QED) is 0.670. The van der Waals surface area contributed by atoms with Crippen molar-refractivity contribution in [1.82, 2.24) is 15.1 Å². The highest BCUT2D eigenvalue weighted by Crippen LogP contribution is 2.34. The highest BCUT2D eigenvalue weighted by Gasteiger charge is 2.31. The Kier molecular flexibility index (Phi) is 5.90. The molecule has 1 aromatic heterocycles.